The summed E-state index contributed by atoms with van der Waals surface area (Å²) in [6, 6.07) is 4.72. The van der Waals surface area contributed by atoms with E-state index in [1.54, 1.807) is 0 Å². The maximum atomic E-state index is 12.4. The van der Waals surface area contributed by atoms with Gasteiger partial charge in [-0.05, 0) is 30.7 Å². The molecule has 0 saturated carbocycles. The molecule has 1 aliphatic rings. The summed E-state index contributed by atoms with van der Waals surface area (Å²) in [6.07, 6.45) is 1.84. The molecule has 0 bridgehead atoms. The van der Waals surface area contributed by atoms with Crippen molar-refractivity contribution in [1.82, 2.24) is 0 Å². The summed E-state index contributed by atoms with van der Waals surface area (Å²) in [5.74, 6) is 0. The molecule has 1 heterocycles. The first-order valence-corrected chi connectivity index (χ1v) is 8.03. The first kappa shape index (κ1) is 16.1. The number of anilines is 1. The van der Waals surface area contributed by atoms with Gasteiger partial charge in [0.1, 0.15) is 0 Å². The molecule has 2 N–H and O–H groups in total. The smallest absolute Gasteiger partial charge is 0.368 e. The molecule has 0 radical (unpaired) electrons. The average molecular weight is 322 g/mol. The van der Waals surface area contributed by atoms with Crippen LogP contribution in [0.1, 0.15) is 19.8 Å². The normalized spacial score (nSPS) is 18.4. The maximum absolute atomic E-state index is 12.4. The van der Waals surface area contributed by atoms with Crippen molar-refractivity contribution >= 4 is 15.5 Å². The highest BCUT2D eigenvalue weighted by molar-refractivity contribution is 7.92. The Morgan fingerprint density at radius 1 is 1.24 bits per heavy atom. The summed E-state index contributed by atoms with van der Waals surface area (Å²) in [5.41, 5.74) is 1.25. The second-order valence-electron chi connectivity index (χ2n) is 5.41. The number of rotatable bonds is 4. The second-order valence-corrected chi connectivity index (χ2v) is 7.35. The lowest BCUT2D eigenvalue weighted by Crippen LogP contribution is -2.67. The van der Waals surface area contributed by atoms with Crippen molar-refractivity contribution in [3.63, 3.8) is 0 Å². The third kappa shape index (κ3) is 3.01. The lowest BCUT2D eigenvalue weighted by atomic mass is 9.86. The van der Waals surface area contributed by atoms with Crippen LogP contribution in [0.2, 0.25) is 0 Å². The fourth-order valence-corrected chi connectivity index (χ4v) is 3.28. The Balaban J connectivity index is 2.12. The van der Waals surface area contributed by atoms with Crippen molar-refractivity contribution in [1.29, 1.82) is 0 Å². The zero-order chi connectivity index (χ0) is 15.9. The van der Waals surface area contributed by atoms with E-state index in [0.717, 1.165) is 25.0 Å². The molecule has 1 fully saturated rings. The highest BCUT2D eigenvalue weighted by atomic mass is 32.2. The Bertz CT molecular complexity index is 605. The first-order chi connectivity index (χ1) is 9.59. The van der Waals surface area contributed by atoms with E-state index in [9.17, 15) is 21.6 Å². The van der Waals surface area contributed by atoms with E-state index in [4.69, 9.17) is 5.73 Å². The number of sulfone groups is 1. The van der Waals surface area contributed by atoms with Crippen molar-refractivity contribution < 1.29 is 21.6 Å². The number of alkyl halides is 3. The summed E-state index contributed by atoms with van der Waals surface area (Å²) in [6.45, 7) is 3.27. The van der Waals surface area contributed by atoms with E-state index in [0.29, 0.717) is 18.8 Å². The number of benzene rings is 1. The van der Waals surface area contributed by atoms with E-state index in [-0.39, 0.29) is 5.54 Å². The van der Waals surface area contributed by atoms with Gasteiger partial charge in [-0.2, -0.15) is 13.2 Å². The fraction of sp³-hybridized carbons (Fsp3) is 0.538. The fourth-order valence-electron chi connectivity index (χ4n) is 2.52. The van der Waals surface area contributed by atoms with E-state index < -0.39 is 20.2 Å². The Morgan fingerprint density at radius 2 is 1.76 bits per heavy atom. The van der Waals surface area contributed by atoms with Gasteiger partial charge < -0.3 is 10.6 Å². The zero-order valence-electron chi connectivity index (χ0n) is 11.5. The Kier molecular flexibility index (Phi) is 3.96. The van der Waals surface area contributed by atoms with Gasteiger partial charge in [-0.15, -0.1) is 0 Å². The van der Waals surface area contributed by atoms with E-state index in [1.165, 1.54) is 12.1 Å². The molecule has 2 rings (SSSR count). The molecule has 1 aliphatic heterocycles. The molecular formula is C13H17F3N2O2S. The van der Waals surface area contributed by atoms with E-state index in [1.807, 2.05) is 11.8 Å². The minimum absolute atomic E-state index is 0.258. The Labute approximate surface area is 121 Å². The molecule has 0 aromatic heterocycles. The van der Waals surface area contributed by atoms with E-state index >= 15 is 0 Å². The van der Waals surface area contributed by atoms with Crippen LogP contribution in [0.4, 0.5) is 18.9 Å². The molecule has 0 unspecified atom stereocenters. The Morgan fingerprint density at radius 3 is 2.19 bits per heavy atom. The van der Waals surface area contributed by atoms with Crippen molar-refractivity contribution in [2.75, 3.05) is 18.0 Å². The quantitative estimate of drug-likeness (QED) is 0.924. The number of nitrogens with two attached hydrogens (primary N) is 1. The lowest BCUT2D eigenvalue weighted by Gasteiger charge is -2.49. The van der Waals surface area contributed by atoms with Gasteiger partial charge in [-0.25, -0.2) is 8.42 Å². The molecule has 8 heteroatoms. The third-order valence-corrected chi connectivity index (χ3v) is 5.08. The van der Waals surface area contributed by atoms with Crippen LogP contribution in [-0.4, -0.2) is 32.6 Å². The summed E-state index contributed by atoms with van der Waals surface area (Å²) in [4.78, 5) is 1.17. The van der Waals surface area contributed by atoms with Crippen molar-refractivity contribution in [2.24, 2.45) is 5.73 Å². The van der Waals surface area contributed by atoms with Gasteiger partial charge in [0.05, 0.1) is 10.4 Å². The minimum atomic E-state index is -5.28. The van der Waals surface area contributed by atoms with Gasteiger partial charge in [-0.1, -0.05) is 13.3 Å². The van der Waals surface area contributed by atoms with Crippen LogP contribution in [0.15, 0.2) is 29.2 Å². The average Bonchev–Trinajstić information content (AvgIpc) is 2.35. The van der Waals surface area contributed by atoms with Crippen LogP contribution in [-0.2, 0) is 9.84 Å². The lowest BCUT2D eigenvalue weighted by molar-refractivity contribution is -0.0436. The molecule has 1 saturated heterocycles. The van der Waals surface area contributed by atoms with Crippen LogP contribution < -0.4 is 10.6 Å². The molecule has 1 aromatic carbocycles. The molecule has 0 spiro atoms. The standard InChI is InChI=1S/C13H17F3N2O2S/c1-2-7-12(17)8-18(9-12)10-3-5-11(6-4-10)21(19,20)13(14,15)16/h3-6H,2,7-9,17H2,1H3. The zero-order valence-corrected chi connectivity index (χ0v) is 12.3. The van der Waals surface area contributed by atoms with E-state index in [2.05, 4.69) is 0 Å². The van der Waals surface area contributed by atoms with Crippen LogP contribution in [0.25, 0.3) is 0 Å². The number of hydrogen-bond donors (Lipinski definition) is 1. The van der Waals surface area contributed by atoms with Crippen LogP contribution in [0, 0.1) is 0 Å². The summed E-state index contributed by atoms with van der Waals surface area (Å²) in [5, 5.41) is 0. The summed E-state index contributed by atoms with van der Waals surface area (Å²) < 4.78 is 59.8. The molecule has 118 valence electrons. The predicted molar refractivity (Wildman–Crippen MR) is 73.7 cm³/mol. The number of hydrogen-bond acceptors (Lipinski definition) is 4. The van der Waals surface area contributed by atoms with Crippen LogP contribution >= 0.6 is 0 Å². The van der Waals surface area contributed by atoms with Gasteiger partial charge in [0.25, 0.3) is 9.84 Å². The van der Waals surface area contributed by atoms with Crippen LogP contribution in [0.5, 0.6) is 0 Å². The Hall–Kier alpha value is -1.28. The van der Waals surface area contributed by atoms with Gasteiger partial charge in [0.2, 0.25) is 0 Å². The highest BCUT2D eigenvalue weighted by Gasteiger charge is 2.47. The molecule has 21 heavy (non-hydrogen) atoms. The summed E-state index contributed by atoms with van der Waals surface area (Å²) in [7, 11) is -5.28. The highest BCUT2D eigenvalue weighted by Crippen LogP contribution is 2.33. The monoisotopic (exact) mass is 322 g/mol. The summed E-state index contributed by atoms with van der Waals surface area (Å²) >= 11 is 0. The van der Waals surface area contributed by atoms with Gasteiger partial charge in [0, 0.05) is 18.8 Å². The number of nitrogens with zero attached hydrogens (tertiary/aromatic N) is 1. The molecule has 0 atom stereocenters. The van der Waals surface area contributed by atoms with Gasteiger partial charge in [-0.3, -0.25) is 0 Å². The second kappa shape index (κ2) is 5.17. The molecule has 4 nitrogen and oxygen atoms in total. The van der Waals surface area contributed by atoms with Gasteiger partial charge >= 0.3 is 5.51 Å². The van der Waals surface area contributed by atoms with Crippen molar-refractivity contribution in [3.8, 4) is 0 Å². The van der Waals surface area contributed by atoms with Gasteiger partial charge in [0.15, 0.2) is 0 Å². The largest absolute Gasteiger partial charge is 0.501 e. The first-order valence-electron chi connectivity index (χ1n) is 6.54. The molecular weight excluding hydrogens is 305 g/mol. The minimum Gasteiger partial charge on any atom is -0.368 e. The van der Waals surface area contributed by atoms with Crippen molar-refractivity contribution in [3.05, 3.63) is 24.3 Å². The topological polar surface area (TPSA) is 63.4 Å². The van der Waals surface area contributed by atoms with Crippen molar-refractivity contribution in [2.45, 2.75) is 35.7 Å². The molecule has 0 amide bonds. The third-order valence-electron chi connectivity index (χ3n) is 3.58. The SMILES string of the molecule is CCCC1(N)CN(c2ccc(S(=O)(=O)C(F)(F)F)cc2)C1. The molecule has 1 aromatic rings. The maximum Gasteiger partial charge on any atom is 0.501 e. The predicted octanol–water partition coefficient (Wildman–Crippen LogP) is 2.30. The van der Waals surface area contributed by atoms with Crippen LogP contribution in [0.3, 0.4) is 0 Å². The molecule has 0 aliphatic carbocycles. The number of halogens is 3.